The van der Waals surface area contributed by atoms with Crippen molar-refractivity contribution < 1.29 is 4.79 Å². The molecule has 0 bridgehead atoms. The Kier molecular flexibility index (Phi) is 6.18. The summed E-state index contributed by atoms with van der Waals surface area (Å²) in [5, 5.41) is 6.04. The molecule has 1 saturated heterocycles. The molecule has 0 aromatic heterocycles. The predicted molar refractivity (Wildman–Crippen MR) is 109 cm³/mol. The molecule has 0 atom stereocenters. The standard InChI is InChI=1S/C19H20BrN3OS/c20-16-5-3-4-15(12-16)18(24)22-19(25)21-17-8-6-14(7-9-17)13-23-10-1-2-11-23/h3-9,12H,1-2,10-11,13H2,(H2,21,22,24,25). The third-order valence-corrected chi connectivity index (χ3v) is 4.83. The van der Waals surface area contributed by atoms with Gasteiger partial charge in [0.1, 0.15) is 0 Å². The van der Waals surface area contributed by atoms with Gasteiger partial charge in [-0.25, -0.2) is 0 Å². The van der Waals surface area contributed by atoms with E-state index in [0.717, 1.165) is 16.7 Å². The Morgan fingerprint density at radius 1 is 1.12 bits per heavy atom. The highest BCUT2D eigenvalue weighted by atomic mass is 79.9. The number of likely N-dealkylation sites (tertiary alicyclic amines) is 1. The molecule has 2 N–H and O–H groups in total. The maximum atomic E-state index is 12.2. The Hall–Kier alpha value is -1.76. The third-order valence-electron chi connectivity index (χ3n) is 4.13. The molecule has 1 fully saturated rings. The molecule has 0 aliphatic carbocycles. The number of thiocarbonyl (C=S) groups is 1. The number of hydrogen-bond acceptors (Lipinski definition) is 3. The predicted octanol–water partition coefficient (Wildman–Crippen LogP) is 4.17. The second-order valence-electron chi connectivity index (χ2n) is 6.10. The number of hydrogen-bond donors (Lipinski definition) is 2. The zero-order valence-electron chi connectivity index (χ0n) is 13.8. The van der Waals surface area contributed by atoms with Gasteiger partial charge in [0.15, 0.2) is 5.11 Å². The Bertz CT molecular complexity index is 758. The molecule has 0 saturated carbocycles. The van der Waals surface area contributed by atoms with E-state index in [1.807, 2.05) is 24.3 Å². The zero-order chi connectivity index (χ0) is 17.6. The molecular formula is C19H20BrN3OS. The van der Waals surface area contributed by atoms with E-state index >= 15 is 0 Å². The number of nitrogens with one attached hydrogen (secondary N) is 2. The van der Waals surface area contributed by atoms with Crippen molar-refractivity contribution in [3.05, 3.63) is 64.1 Å². The van der Waals surface area contributed by atoms with E-state index in [9.17, 15) is 4.79 Å². The minimum atomic E-state index is -0.232. The SMILES string of the molecule is O=C(NC(=S)Nc1ccc(CN2CCCC2)cc1)c1cccc(Br)c1. The van der Waals surface area contributed by atoms with Gasteiger partial charge in [-0.2, -0.15) is 0 Å². The van der Waals surface area contributed by atoms with Crippen LogP contribution >= 0.6 is 28.1 Å². The molecule has 0 spiro atoms. The second-order valence-corrected chi connectivity index (χ2v) is 7.42. The Labute approximate surface area is 161 Å². The molecule has 1 aliphatic heterocycles. The highest BCUT2D eigenvalue weighted by molar-refractivity contribution is 9.10. The van der Waals surface area contributed by atoms with Crippen molar-refractivity contribution in [1.29, 1.82) is 0 Å². The normalized spacial score (nSPS) is 14.3. The van der Waals surface area contributed by atoms with Crippen LogP contribution in [-0.2, 0) is 6.54 Å². The van der Waals surface area contributed by atoms with Crippen molar-refractivity contribution in [3.8, 4) is 0 Å². The molecule has 6 heteroatoms. The van der Waals surface area contributed by atoms with E-state index in [1.54, 1.807) is 12.1 Å². The summed E-state index contributed by atoms with van der Waals surface area (Å²) in [6, 6.07) is 15.4. The molecule has 1 amide bonds. The van der Waals surface area contributed by atoms with E-state index in [-0.39, 0.29) is 11.0 Å². The second kappa shape index (κ2) is 8.56. The van der Waals surface area contributed by atoms with Crippen LogP contribution < -0.4 is 10.6 Å². The largest absolute Gasteiger partial charge is 0.332 e. The first kappa shape index (κ1) is 18.0. The van der Waals surface area contributed by atoms with Crippen LogP contribution in [0.1, 0.15) is 28.8 Å². The molecule has 1 heterocycles. The summed E-state index contributed by atoms with van der Waals surface area (Å²) >= 11 is 8.59. The lowest BCUT2D eigenvalue weighted by molar-refractivity contribution is 0.0977. The first-order valence-electron chi connectivity index (χ1n) is 8.29. The van der Waals surface area contributed by atoms with Gasteiger partial charge in [0.2, 0.25) is 0 Å². The van der Waals surface area contributed by atoms with Gasteiger partial charge >= 0.3 is 0 Å². The number of carbonyl (C=O) groups is 1. The first-order chi connectivity index (χ1) is 12.1. The lowest BCUT2D eigenvalue weighted by Crippen LogP contribution is -2.34. The number of halogens is 1. The number of anilines is 1. The van der Waals surface area contributed by atoms with Crippen LogP contribution in [0.5, 0.6) is 0 Å². The molecule has 2 aromatic carbocycles. The molecule has 0 radical (unpaired) electrons. The fraction of sp³-hybridized carbons (Fsp3) is 0.263. The van der Waals surface area contributed by atoms with E-state index in [4.69, 9.17) is 12.2 Å². The average molecular weight is 418 g/mol. The average Bonchev–Trinajstić information content (AvgIpc) is 3.09. The maximum Gasteiger partial charge on any atom is 0.257 e. The summed E-state index contributed by atoms with van der Waals surface area (Å²) < 4.78 is 0.854. The van der Waals surface area contributed by atoms with Crippen LogP contribution in [0.2, 0.25) is 0 Å². The van der Waals surface area contributed by atoms with Crippen LogP contribution in [0.15, 0.2) is 53.0 Å². The Morgan fingerprint density at radius 3 is 2.52 bits per heavy atom. The van der Waals surface area contributed by atoms with Crippen molar-refractivity contribution in [1.82, 2.24) is 10.2 Å². The van der Waals surface area contributed by atoms with E-state index in [1.165, 1.54) is 31.5 Å². The molecule has 1 aliphatic rings. The molecule has 130 valence electrons. The highest BCUT2D eigenvalue weighted by Crippen LogP contribution is 2.15. The van der Waals surface area contributed by atoms with Crippen LogP contribution in [-0.4, -0.2) is 29.0 Å². The van der Waals surface area contributed by atoms with Gasteiger partial charge in [0.05, 0.1) is 0 Å². The third kappa shape index (κ3) is 5.36. The number of benzene rings is 2. The topological polar surface area (TPSA) is 44.4 Å². The summed E-state index contributed by atoms with van der Waals surface area (Å²) in [7, 11) is 0. The van der Waals surface area contributed by atoms with Crippen molar-refractivity contribution in [3.63, 3.8) is 0 Å². The van der Waals surface area contributed by atoms with Gasteiger partial charge in [0.25, 0.3) is 5.91 Å². The number of nitrogens with zero attached hydrogens (tertiary/aromatic N) is 1. The Balaban J connectivity index is 1.52. The monoisotopic (exact) mass is 417 g/mol. The summed E-state index contributed by atoms with van der Waals surface area (Å²) in [6.07, 6.45) is 2.59. The van der Waals surface area contributed by atoms with E-state index < -0.39 is 0 Å². The molecule has 2 aromatic rings. The minimum absolute atomic E-state index is 0.232. The van der Waals surface area contributed by atoms with Gasteiger partial charge < -0.3 is 5.32 Å². The van der Waals surface area contributed by atoms with Crippen LogP contribution in [0.3, 0.4) is 0 Å². The number of rotatable bonds is 4. The van der Waals surface area contributed by atoms with E-state index in [0.29, 0.717) is 5.56 Å². The van der Waals surface area contributed by atoms with Gasteiger partial charge in [-0.3, -0.25) is 15.0 Å². The van der Waals surface area contributed by atoms with Gasteiger partial charge in [-0.1, -0.05) is 34.1 Å². The molecule has 0 unspecified atom stereocenters. The van der Waals surface area contributed by atoms with Gasteiger partial charge in [0, 0.05) is 22.3 Å². The molecular weight excluding hydrogens is 398 g/mol. The fourth-order valence-corrected chi connectivity index (χ4v) is 3.47. The highest BCUT2D eigenvalue weighted by Gasteiger charge is 2.12. The zero-order valence-corrected chi connectivity index (χ0v) is 16.2. The first-order valence-corrected chi connectivity index (χ1v) is 9.49. The van der Waals surface area contributed by atoms with Crippen molar-refractivity contribution in [2.45, 2.75) is 19.4 Å². The van der Waals surface area contributed by atoms with Crippen molar-refractivity contribution in [2.24, 2.45) is 0 Å². The van der Waals surface area contributed by atoms with Crippen LogP contribution in [0.25, 0.3) is 0 Å². The van der Waals surface area contributed by atoms with Gasteiger partial charge in [-0.15, -0.1) is 0 Å². The smallest absolute Gasteiger partial charge is 0.257 e. The quantitative estimate of drug-likeness (QED) is 0.732. The summed E-state index contributed by atoms with van der Waals surface area (Å²) in [4.78, 5) is 14.6. The number of carbonyl (C=O) groups excluding carboxylic acids is 1. The van der Waals surface area contributed by atoms with Gasteiger partial charge in [-0.05, 0) is 74.0 Å². The Morgan fingerprint density at radius 2 is 1.84 bits per heavy atom. The maximum absolute atomic E-state index is 12.2. The summed E-state index contributed by atoms with van der Waals surface area (Å²) in [6.45, 7) is 3.36. The van der Waals surface area contributed by atoms with Crippen molar-refractivity contribution in [2.75, 3.05) is 18.4 Å². The lowest BCUT2D eigenvalue weighted by Gasteiger charge is -2.15. The van der Waals surface area contributed by atoms with Crippen molar-refractivity contribution >= 4 is 44.9 Å². The summed E-state index contributed by atoms with van der Waals surface area (Å²) in [5.74, 6) is -0.232. The number of amides is 1. The van der Waals surface area contributed by atoms with E-state index in [2.05, 4.69) is 43.6 Å². The molecule has 3 rings (SSSR count). The van der Waals surface area contributed by atoms with Crippen LogP contribution in [0, 0.1) is 0 Å². The fourth-order valence-electron chi connectivity index (χ4n) is 2.86. The molecule has 4 nitrogen and oxygen atoms in total. The lowest BCUT2D eigenvalue weighted by atomic mass is 10.2. The molecule has 25 heavy (non-hydrogen) atoms. The summed E-state index contributed by atoms with van der Waals surface area (Å²) in [5.41, 5.74) is 2.71. The minimum Gasteiger partial charge on any atom is -0.332 e. The van der Waals surface area contributed by atoms with Crippen LogP contribution in [0.4, 0.5) is 5.69 Å².